The first-order valence-corrected chi connectivity index (χ1v) is 7.08. The third-order valence-electron chi connectivity index (χ3n) is 2.55. The molecule has 19 heavy (non-hydrogen) atoms. The minimum Gasteiger partial charge on any atom is -0.396 e. The first-order chi connectivity index (χ1) is 9.31. The highest BCUT2D eigenvalue weighted by Crippen LogP contribution is 2.05. The normalized spacial score (nSPS) is 9.58. The SMILES string of the molecule is CCCCCCCC=CCC#CC#CC(=O)CCO. The number of carbonyl (C=O) groups excluding carboxylic acids is 1. The summed E-state index contributed by atoms with van der Waals surface area (Å²) in [6.07, 6.45) is 12.6. The molecule has 0 unspecified atom stereocenters. The van der Waals surface area contributed by atoms with Crippen molar-refractivity contribution in [2.75, 3.05) is 6.61 Å². The van der Waals surface area contributed by atoms with Crippen LogP contribution < -0.4 is 0 Å². The van der Waals surface area contributed by atoms with E-state index in [1.807, 2.05) is 6.08 Å². The van der Waals surface area contributed by atoms with E-state index >= 15 is 0 Å². The van der Waals surface area contributed by atoms with Crippen molar-refractivity contribution in [3.63, 3.8) is 0 Å². The molecule has 0 bridgehead atoms. The van der Waals surface area contributed by atoms with E-state index in [0.29, 0.717) is 6.42 Å². The molecule has 1 N–H and O–H groups in total. The molecule has 0 saturated carbocycles. The number of aliphatic hydroxyl groups is 1. The number of carbonyl (C=O) groups is 1. The van der Waals surface area contributed by atoms with Gasteiger partial charge in [0, 0.05) is 12.8 Å². The van der Waals surface area contributed by atoms with Gasteiger partial charge in [-0.2, -0.15) is 0 Å². The van der Waals surface area contributed by atoms with Crippen LogP contribution in [0.4, 0.5) is 0 Å². The van der Waals surface area contributed by atoms with E-state index in [2.05, 4.69) is 36.7 Å². The third kappa shape index (κ3) is 14.4. The predicted molar refractivity (Wildman–Crippen MR) is 79.4 cm³/mol. The van der Waals surface area contributed by atoms with Crippen LogP contribution in [0.2, 0.25) is 0 Å². The number of rotatable bonds is 9. The highest BCUT2D eigenvalue weighted by atomic mass is 16.3. The molecular weight excluding hydrogens is 236 g/mol. The lowest BCUT2D eigenvalue weighted by Crippen LogP contribution is -1.95. The Morgan fingerprint density at radius 2 is 1.89 bits per heavy atom. The third-order valence-corrected chi connectivity index (χ3v) is 2.55. The van der Waals surface area contributed by atoms with Crippen LogP contribution in [0.25, 0.3) is 0 Å². The van der Waals surface area contributed by atoms with Gasteiger partial charge in [0.15, 0.2) is 0 Å². The second kappa shape index (κ2) is 14.6. The van der Waals surface area contributed by atoms with Gasteiger partial charge in [-0.3, -0.25) is 4.79 Å². The fraction of sp³-hybridized carbons (Fsp3) is 0.588. The maximum Gasteiger partial charge on any atom is 0.208 e. The van der Waals surface area contributed by atoms with Crippen LogP contribution in [-0.2, 0) is 4.79 Å². The molecule has 0 atom stereocenters. The fourth-order valence-electron chi connectivity index (χ4n) is 1.49. The number of hydrogen-bond donors (Lipinski definition) is 1. The minimum absolute atomic E-state index is 0.0899. The standard InChI is InChI=1S/C17H24O2/c1-2-3-4-5-6-7-8-9-10-11-12-13-14-17(19)15-16-18/h8-9,18H,2-7,10,15-16H2,1H3. The van der Waals surface area contributed by atoms with Crippen LogP contribution in [0.5, 0.6) is 0 Å². The number of allylic oxidation sites excluding steroid dienone is 2. The quantitative estimate of drug-likeness (QED) is 0.299. The second-order valence-electron chi connectivity index (χ2n) is 4.33. The zero-order valence-electron chi connectivity index (χ0n) is 11.9. The Morgan fingerprint density at radius 1 is 1.11 bits per heavy atom. The lowest BCUT2D eigenvalue weighted by atomic mass is 10.1. The molecule has 0 heterocycles. The first-order valence-electron chi connectivity index (χ1n) is 7.08. The summed E-state index contributed by atoms with van der Waals surface area (Å²) < 4.78 is 0. The number of aliphatic hydroxyl groups excluding tert-OH is 1. The van der Waals surface area contributed by atoms with Crippen molar-refractivity contribution in [1.29, 1.82) is 0 Å². The highest BCUT2D eigenvalue weighted by molar-refractivity contribution is 5.95. The monoisotopic (exact) mass is 260 g/mol. The van der Waals surface area contributed by atoms with E-state index in [-0.39, 0.29) is 18.8 Å². The Hall–Kier alpha value is -1.51. The minimum atomic E-state index is -0.264. The Balaban J connectivity index is 3.54. The maximum atomic E-state index is 10.9. The largest absolute Gasteiger partial charge is 0.396 e. The summed E-state index contributed by atoms with van der Waals surface area (Å²) in [6.45, 7) is 2.07. The Morgan fingerprint density at radius 3 is 2.63 bits per heavy atom. The van der Waals surface area contributed by atoms with E-state index in [0.717, 1.165) is 6.42 Å². The molecule has 0 spiro atoms. The van der Waals surface area contributed by atoms with Crippen molar-refractivity contribution < 1.29 is 9.90 Å². The topological polar surface area (TPSA) is 37.3 Å². The summed E-state index contributed by atoms with van der Waals surface area (Å²) in [5, 5.41) is 8.49. The highest BCUT2D eigenvalue weighted by Gasteiger charge is 1.91. The van der Waals surface area contributed by atoms with Gasteiger partial charge in [-0.1, -0.05) is 50.7 Å². The molecule has 2 nitrogen and oxygen atoms in total. The molecule has 0 aromatic rings. The number of Topliss-reactive ketones (excluding diaryl/α,β-unsaturated/α-hetero) is 1. The summed E-state index contributed by atoms with van der Waals surface area (Å²) in [5.41, 5.74) is 0. The van der Waals surface area contributed by atoms with Gasteiger partial charge in [-0.05, 0) is 30.6 Å². The van der Waals surface area contributed by atoms with Gasteiger partial charge in [-0.25, -0.2) is 0 Å². The van der Waals surface area contributed by atoms with Gasteiger partial charge in [0.05, 0.1) is 6.61 Å². The van der Waals surface area contributed by atoms with Crippen LogP contribution in [0.1, 0.15) is 58.3 Å². The van der Waals surface area contributed by atoms with Gasteiger partial charge >= 0.3 is 0 Å². The molecule has 104 valence electrons. The van der Waals surface area contributed by atoms with Gasteiger partial charge in [0.2, 0.25) is 5.78 Å². The zero-order valence-corrected chi connectivity index (χ0v) is 11.9. The van der Waals surface area contributed by atoms with Crippen LogP contribution in [0, 0.1) is 23.7 Å². The van der Waals surface area contributed by atoms with Crippen LogP contribution >= 0.6 is 0 Å². The van der Waals surface area contributed by atoms with E-state index in [1.165, 1.54) is 32.1 Å². The van der Waals surface area contributed by atoms with Gasteiger partial charge in [0.1, 0.15) is 0 Å². The number of unbranched alkanes of at least 4 members (excludes halogenated alkanes) is 5. The average Bonchev–Trinajstić information content (AvgIpc) is 2.40. The second-order valence-corrected chi connectivity index (χ2v) is 4.33. The van der Waals surface area contributed by atoms with Crippen molar-refractivity contribution in [2.24, 2.45) is 0 Å². The molecule has 0 rings (SSSR count). The lowest BCUT2D eigenvalue weighted by Gasteiger charge is -1.95. The molecule has 0 aliphatic rings. The van der Waals surface area contributed by atoms with E-state index < -0.39 is 0 Å². The van der Waals surface area contributed by atoms with E-state index in [1.54, 1.807) is 0 Å². The van der Waals surface area contributed by atoms with Crippen molar-refractivity contribution in [3.05, 3.63) is 12.2 Å². The molecule has 0 radical (unpaired) electrons. The lowest BCUT2D eigenvalue weighted by molar-refractivity contribution is -0.114. The molecular formula is C17H24O2. The van der Waals surface area contributed by atoms with Crippen molar-refractivity contribution in [3.8, 4) is 23.7 Å². The summed E-state index contributed by atoms with van der Waals surface area (Å²) in [4.78, 5) is 10.9. The summed E-state index contributed by atoms with van der Waals surface area (Å²) >= 11 is 0. The first kappa shape index (κ1) is 17.5. The fourth-order valence-corrected chi connectivity index (χ4v) is 1.49. The van der Waals surface area contributed by atoms with E-state index in [9.17, 15) is 4.79 Å². The van der Waals surface area contributed by atoms with Crippen LogP contribution in [-0.4, -0.2) is 17.5 Å². The number of ketones is 1. The Bertz CT molecular complexity index is 372. The van der Waals surface area contributed by atoms with Crippen molar-refractivity contribution in [1.82, 2.24) is 0 Å². The summed E-state index contributed by atoms with van der Waals surface area (Å²) in [6, 6.07) is 0. The van der Waals surface area contributed by atoms with E-state index in [4.69, 9.17) is 5.11 Å². The van der Waals surface area contributed by atoms with Gasteiger partial charge in [-0.15, -0.1) is 0 Å². The molecule has 0 aliphatic carbocycles. The molecule has 0 fully saturated rings. The van der Waals surface area contributed by atoms with Crippen LogP contribution in [0.15, 0.2) is 12.2 Å². The molecule has 0 aromatic carbocycles. The number of hydrogen-bond acceptors (Lipinski definition) is 2. The zero-order chi connectivity index (χ0) is 14.2. The Kier molecular flexibility index (Phi) is 13.4. The maximum absolute atomic E-state index is 10.9. The Labute approximate surface area is 117 Å². The average molecular weight is 260 g/mol. The summed E-state index contributed by atoms with van der Waals surface area (Å²) in [7, 11) is 0. The predicted octanol–water partition coefficient (Wildman–Crippen LogP) is 3.25. The van der Waals surface area contributed by atoms with Crippen molar-refractivity contribution in [2.45, 2.75) is 58.3 Å². The smallest absolute Gasteiger partial charge is 0.208 e. The van der Waals surface area contributed by atoms with Gasteiger partial charge < -0.3 is 5.11 Å². The molecule has 0 saturated heterocycles. The molecule has 0 amide bonds. The summed E-state index contributed by atoms with van der Waals surface area (Å²) in [5.74, 6) is 10.1. The molecule has 0 aliphatic heterocycles. The van der Waals surface area contributed by atoms with Gasteiger partial charge in [0.25, 0.3) is 0 Å². The van der Waals surface area contributed by atoms with Crippen molar-refractivity contribution >= 4 is 5.78 Å². The molecule has 0 aromatic heterocycles. The molecule has 2 heteroatoms. The van der Waals surface area contributed by atoms with Crippen LogP contribution in [0.3, 0.4) is 0 Å².